The second-order valence-electron chi connectivity index (χ2n) is 8.38. The highest BCUT2D eigenvalue weighted by molar-refractivity contribution is 6.39. The second-order valence-corrected chi connectivity index (χ2v) is 8.38. The third-order valence-corrected chi connectivity index (χ3v) is 4.30. The van der Waals surface area contributed by atoms with Crippen LogP contribution in [-0.2, 0) is 14.3 Å². The number of methoxy groups -OCH3 is 1. The average molecular weight is 471 g/mol. The minimum absolute atomic E-state index is 0.202. The maximum absolute atomic E-state index is 14.9. The van der Waals surface area contributed by atoms with E-state index in [4.69, 9.17) is 9.47 Å². The smallest absolute Gasteiger partial charge is 0.313 e. The van der Waals surface area contributed by atoms with E-state index < -0.39 is 23.2 Å². The summed E-state index contributed by atoms with van der Waals surface area (Å²) < 4.78 is 25.3. The van der Waals surface area contributed by atoms with E-state index in [-0.39, 0.29) is 17.6 Å². The SMILES string of the molecule is C=c1cc(OCCOC)cc(F)/c1=C(/N=C\C)Nc1ccc(NC(=O)C(=O)NC(C)(C)C)cc1. The number of rotatable bonds is 8. The third kappa shape index (κ3) is 8.00. The fraction of sp³-hybridized carbons (Fsp3) is 0.320. The second kappa shape index (κ2) is 11.9. The van der Waals surface area contributed by atoms with E-state index in [0.717, 1.165) is 0 Å². The first-order valence-electron chi connectivity index (χ1n) is 10.7. The van der Waals surface area contributed by atoms with Crippen LogP contribution in [0.25, 0.3) is 12.4 Å². The van der Waals surface area contributed by atoms with Gasteiger partial charge in [0.15, 0.2) is 0 Å². The molecule has 2 rings (SSSR count). The zero-order valence-corrected chi connectivity index (χ0v) is 20.1. The van der Waals surface area contributed by atoms with Gasteiger partial charge in [-0.1, -0.05) is 6.58 Å². The van der Waals surface area contributed by atoms with Gasteiger partial charge in [-0.3, -0.25) is 9.59 Å². The highest BCUT2D eigenvalue weighted by Gasteiger charge is 2.20. The highest BCUT2D eigenvalue weighted by atomic mass is 19.1. The molecule has 0 atom stereocenters. The van der Waals surface area contributed by atoms with E-state index in [2.05, 4.69) is 27.5 Å². The Hall–Kier alpha value is -3.72. The number of nitrogens with zero attached hydrogens (tertiary/aromatic N) is 1. The van der Waals surface area contributed by atoms with Crippen LogP contribution < -0.4 is 31.1 Å². The van der Waals surface area contributed by atoms with Crippen molar-refractivity contribution in [3.05, 3.63) is 52.7 Å². The molecule has 2 aromatic rings. The van der Waals surface area contributed by atoms with Crippen molar-refractivity contribution in [2.75, 3.05) is 31.0 Å². The van der Waals surface area contributed by atoms with Crippen LogP contribution in [0.2, 0.25) is 0 Å². The van der Waals surface area contributed by atoms with Gasteiger partial charge in [-0.2, -0.15) is 0 Å². The van der Waals surface area contributed by atoms with Crippen LogP contribution in [0, 0.1) is 5.82 Å². The maximum atomic E-state index is 14.9. The van der Waals surface area contributed by atoms with E-state index in [0.29, 0.717) is 28.9 Å². The lowest BCUT2D eigenvalue weighted by molar-refractivity contribution is -0.137. The highest BCUT2D eigenvalue weighted by Crippen LogP contribution is 2.16. The summed E-state index contributed by atoms with van der Waals surface area (Å²) in [5.74, 6) is -1.43. The van der Waals surface area contributed by atoms with Crippen molar-refractivity contribution in [3.8, 4) is 5.75 Å². The van der Waals surface area contributed by atoms with Crippen molar-refractivity contribution in [1.29, 1.82) is 0 Å². The average Bonchev–Trinajstić information content (AvgIpc) is 2.73. The van der Waals surface area contributed by atoms with Gasteiger partial charge in [-0.15, -0.1) is 0 Å². The van der Waals surface area contributed by atoms with Gasteiger partial charge in [0.2, 0.25) is 0 Å². The molecule has 0 aromatic heterocycles. The zero-order valence-electron chi connectivity index (χ0n) is 20.1. The number of aliphatic imine (C=N–C) groups is 1. The van der Waals surface area contributed by atoms with E-state index in [1.807, 2.05) is 0 Å². The zero-order chi connectivity index (χ0) is 25.3. The molecule has 0 radical (unpaired) electrons. The Balaban J connectivity index is 2.24. The van der Waals surface area contributed by atoms with Gasteiger partial charge in [0.25, 0.3) is 0 Å². The van der Waals surface area contributed by atoms with Crippen molar-refractivity contribution in [1.82, 2.24) is 5.32 Å². The molecule has 0 heterocycles. The first-order chi connectivity index (χ1) is 16.0. The Kier molecular flexibility index (Phi) is 9.32. The number of anilines is 2. The number of carbonyl (C=O) groups excluding carboxylic acids is 2. The van der Waals surface area contributed by atoms with Crippen LogP contribution >= 0.6 is 0 Å². The summed E-state index contributed by atoms with van der Waals surface area (Å²) in [5, 5.41) is 8.81. The minimum atomic E-state index is -0.768. The number of carbonyl (C=O) groups is 2. The first-order valence-corrected chi connectivity index (χ1v) is 10.7. The molecule has 9 heteroatoms. The molecule has 0 aliphatic rings. The van der Waals surface area contributed by atoms with Crippen LogP contribution in [0.1, 0.15) is 27.7 Å². The normalized spacial score (nSPS) is 12.3. The summed E-state index contributed by atoms with van der Waals surface area (Å²) in [4.78, 5) is 28.3. The number of hydrogen-bond acceptors (Lipinski definition) is 6. The molecule has 0 unspecified atom stereocenters. The Labute approximate surface area is 198 Å². The summed E-state index contributed by atoms with van der Waals surface area (Å²) in [6.07, 6.45) is 1.53. The molecule has 0 aliphatic carbocycles. The first kappa shape index (κ1) is 26.5. The number of ether oxygens (including phenoxy) is 2. The molecular weight excluding hydrogens is 439 g/mol. The van der Waals surface area contributed by atoms with Crippen LogP contribution in [0.3, 0.4) is 0 Å². The number of halogens is 1. The van der Waals surface area contributed by atoms with Gasteiger partial charge < -0.3 is 25.4 Å². The summed E-state index contributed by atoms with van der Waals surface area (Å²) in [6, 6.07) is 9.48. The Morgan fingerprint density at radius 1 is 1.06 bits per heavy atom. The van der Waals surface area contributed by atoms with Gasteiger partial charge >= 0.3 is 11.8 Å². The lowest BCUT2D eigenvalue weighted by Crippen LogP contribution is -2.46. The molecule has 0 saturated heterocycles. The van der Waals surface area contributed by atoms with Crippen molar-refractivity contribution in [3.63, 3.8) is 0 Å². The number of nitrogens with one attached hydrogen (secondary N) is 3. The molecule has 0 spiro atoms. The molecule has 0 saturated carbocycles. The lowest BCUT2D eigenvalue weighted by Gasteiger charge is -2.19. The summed E-state index contributed by atoms with van der Waals surface area (Å²) in [7, 11) is 1.56. The van der Waals surface area contributed by atoms with E-state index >= 15 is 0 Å². The van der Waals surface area contributed by atoms with Crippen LogP contribution in [0.15, 0.2) is 41.4 Å². The molecule has 34 heavy (non-hydrogen) atoms. The summed E-state index contributed by atoms with van der Waals surface area (Å²) in [5.41, 5.74) is 0.504. The Morgan fingerprint density at radius 2 is 1.68 bits per heavy atom. The van der Waals surface area contributed by atoms with Crippen LogP contribution in [-0.4, -0.2) is 43.9 Å². The predicted molar refractivity (Wildman–Crippen MR) is 133 cm³/mol. The minimum Gasteiger partial charge on any atom is -0.491 e. The topological polar surface area (TPSA) is 101 Å². The Bertz CT molecular complexity index is 1160. The monoisotopic (exact) mass is 470 g/mol. The maximum Gasteiger partial charge on any atom is 0.313 e. The van der Waals surface area contributed by atoms with Crippen molar-refractivity contribution in [2.24, 2.45) is 4.99 Å². The standard InChI is InChI=1S/C25H31FN4O4/c1-7-27-22(21-16(2)14-19(15-20(21)26)34-13-12-33-6)28-17-8-10-18(11-9-17)29-23(31)24(32)30-25(3,4)5/h7-11,14-15,28H,2,12-13H2,1,3-6H3,(H,29,31)(H,30,32)/b22-21-,27-7-. The van der Waals surface area contributed by atoms with Gasteiger partial charge in [-0.25, -0.2) is 9.38 Å². The molecule has 3 N–H and O–H groups in total. The number of hydrogen-bond donors (Lipinski definition) is 3. The molecule has 2 amide bonds. The van der Waals surface area contributed by atoms with Gasteiger partial charge in [0, 0.05) is 36.3 Å². The molecule has 0 bridgehead atoms. The van der Waals surface area contributed by atoms with E-state index in [1.54, 1.807) is 65.1 Å². The molecule has 182 valence electrons. The fourth-order valence-electron chi connectivity index (χ4n) is 2.87. The number of benzene rings is 2. The summed E-state index contributed by atoms with van der Waals surface area (Å²) >= 11 is 0. The molecule has 8 nitrogen and oxygen atoms in total. The van der Waals surface area contributed by atoms with Crippen molar-refractivity contribution >= 4 is 41.8 Å². The Morgan fingerprint density at radius 3 is 2.21 bits per heavy atom. The van der Waals surface area contributed by atoms with E-state index in [1.165, 1.54) is 12.3 Å². The molecule has 2 aromatic carbocycles. The quantitative estimate of drug-likeness (QED) is 0.313. The largest absolute Gasteiger partial charge is 0.491 e. The lowest BCUT2D eigenvalue weighted by atomic mass is 10.1. The van der Waals surface area contributed by atoms with Crippen molar-refractivity contribution < 1.29 is 23.5 Å². The van der Waals surface area contributed by atoms with E-state index in [9.17, 15) is 14.0 Å². The molecular formula is C25H31FN4O4. The van der Waals surface area contributed by atoms with Gasteiger partial charge in [0.1, 0.15) is 24.0 Å². The fourth-order valence-corrected chi connectivity index (χ4v) is 2.87. The molecule has 0 aliphatic heterocycles. The van der Waals surface area contributed by atoms with Crippen LogP contribution in [0.5, 0.6) is 5.75 Å². The predicted octanol–water partition coefficient (Wildman–Crippen LogP) is 2.38. The van der Waals surface area contributed by atoms with Crippen LogP contribution in [0.4, 0.5) is 15.8 Å². The van der Waals surface area contributed by atoms with Gasteiger partial charge in [-0.05, 0) is 63.2 Å². The third-order valence-electron chi connectivity index (χ3n) is 4.30. The summed E-state index contributed by atoms with van der Waals surface area (Å²) in [6.45, 7) is 11.7. The number of amides is 2. The van der Waals surface area contributed by atoms with Crippen molar-refractivity contribution in [2.45, 2.75) is 33.2 Å². The van der Waals surface area contributed by atoms with Gasteiger partial charge in [0.05, 0.1) is 11.8 Å². The molecule has 0 fully saturated rings.